The number of pyridine rings is 1. The lowest BCUT2D eigenvalue weighted by molar-refractivity contribution is -0.0593. The summed E-state index contributed by atoms with van der Waals surface area (Å²) < 4.78 is 49.6. The van der Waals surface area contributed by atoms with E-state index >= 15 is 4.39 Å². The largest absolute Gasteiger partial charge is 0.473 e. The predicted molar refractivity (Wildman–Crippen MR) is 167 cm³/mol. The molecule has 2 aliphatic rings. The van der Waals surface area contributed by atoms with E-state index < -0.39 is 17.1 Å². The molecule has 2 aliphatic heterocycles. The Hall–Kier alpha value is -3.60. The van der Waals surface area contributed by atoms with Gasteiger partial charge in [0.25, 0.3) is 0 Å². The van der Waals surface area contributed by atoms with Crippen molar-refractivity contribution < 1.29 is 27.8 Å². The third-order valence-electron chi connectivity index (χ3n) is 8.23. The number of rotatable bonds is 9. The van der Waals surface area contributed by atoms with Crippen LogP contribution in [0.2, 0.25) is 5.02 Å². The van der Waals surface area contributed by atoms with E-state index in [0.717, 1.165) is 29.9 Å². The van der Waals surface area contributed by atoms with Gasteiger partial charge in [-0.15, -0.1) is 0 Å². The average Bonchev–Trinajstić information content (AvgIpc) is 3.31. The summed E-state index contributed by atoms with van der Waals surface area (Å²) in [7, 11) is 0. The highest BCUT2D eigenvalue weighted by molar-refractivity contribution is 6.30. The molecule has 4 heterocycles. The fourth-order valence-corrected chi connectivity index (χ4v) is 5.81. The van der Waals surface area contributed by atoms with Crippen LogP contribution in [0.1, 0.15) is 67.5 Å². The molecule has 0 spiro atoms. The van der Waals surface area contributed by atoms with E-state index in [-0.39, 0.29) is 37.4 Å². The van der Waals surface area contributed by atoms with E-state index in [4.69, 9.17) is 30.8 Å². The summed E-state index contributed by atoms with van der Waals surface area (Å²) in [4.78, 5) is 24.3. The highest BCUT2D eigenvalue weighted by Crippen LogP contribution is 2.37. The van der Waals surface area contributed by atoms with Crippen molar-refractivity contribution in [3.63, 3.8) is 0 Å². The fourth-order valence-electron chi connectivity index (χ4n) is 5.65. The molecule has 0 radical (unpaired) electrons. The summed E-state index contributed by atoms with van der Waals surface area (Å²) in [5.41, 5.74) is 0.526. The molecule has 238 valence electrons. The van der Waals surface area contributed by atoms with Gasteiger partial charge in [-0.2, -0.15) is 0 Å². The zero-order chi connectivity index (χ0) is 31.8. The molecule has 11 heteroatoms. The number of benzene rings is 2. The number of halogens is 3. The molecule has 45 heavy (non-hydrogen) atoms. The second kappa shape index (κ2) is 12.7. The van der Waals surface area contributed by atoms with Gasteiger partial charge in [-0.1, -0.05) is 23.7 Å². The van der Waals surface area contributed by atoms with Crippen molar-refractivity contribution >= 4 is 28.6 Å². The first-order valence-corrected chi connectivity index (χ1v) is 15.6. The van der Waals surface area contributed by atoms with Crippen LogP contribution < -0.4 is 4.74 Å². The average molecular weight is 639 g/mol. The molecule has 0 aliphatic carbocycles. The smallest absolute Gasteiger partial charge is 0.338 e. The quantitative estimate of drug-likeness (QED) is 0.183. The van der Waals surface area contributed by atoms with Gasteiger partial charge in [0.1, 0.15) is 23.8 Å². The van der Waals surface area contributed by atoms with E-state index in [1.165, 1.54) is 6.07 Å². The molecule has 0 bridgehead atoms. The van der Waals surface area contributed by atoms with E-state index in [1.807, 2.05) is 32.9 Å². The molecule has 0 amide bonds. The van der Waals surface area contributed by atoms with Crippen LogP contribution in [0.3, 0.4) is 0 Å². The first-order valence-electron chi connectivity index (χ1n) is 15.3. The molecule has 2 saturated heterocycles. The van der Waals surface area contributed by atoms with Crippen LogP contribution in [0.5, 0.6) is 5.88 Å². The van der Waals surface area contributed by atoms with E-state index in [9.17, 15) is 9.18 Å². The topological polar surface area (TPSA) is 78.7 Å². The number of fused-ring (bicyclic) bond motifs is 1. The number of hydrogen-bond donors (Lipinski definition) is 0. The number of likely N-dealkylation sites (tertiary alicyclic amines) is 1. The Balaban J connectivity index is 1.14. The van der Waals surface area contributed by atoms with Gasteiger partial charge in [-0.3, -0.25) is 4.90 Å². The standard InChI is InChI=1S/C34H37ClF2N4O4/c1-33(2,3)45-32(42)22-8-10-27-28(17-22)41(19-25-11-16-43-25)30(38-27)20-40-14-12-34(37,13-15-40)29-5-4-6-31(39-29)44-21-23-7-9-24(35)18-26(23)36/h4-10,17-18,25H,11-16,19-21H2,1-3H3. The summed E-state index contributed by atoms with van der Waals surface area (Å²) >= 11 is 5.84. The van der Waals surface area contributed by atoms with Gasteiger partial charge in [0.2, 0.25) is 5.88 Å². The van der Waals surface area contributed by atoms with Crippen LogP contribution in [0.25, 0.3) is 11.0 Å². The highest BCUT2D eigenvalue weighted by atomic mass is 35.5. The van der Waals surface area contributed by atoms with Crippen molar-refractivity contribution in [1.82, 2.24) is 19.4 Å². The second-order valence-electron chi connectivity index (χ2n) is 12.8. The Bertz CT molecular complexity index is 1690. The number of nitrogens with zero attached hydrogens (tertiary/aromatic N) is 4. The molecule has 2 aromatic carbocycles. The minimum atomic E-state index is -1.62. The number of hydrogen-bond acceptors (Lipinski definition) is 7. The maximum Gasteiger partial charge on any atom is 0.338 e. The third kappa shape index (κ3) is 7.29. The minimum absolute atomic E-state index is 0.0430. The SMILES string of the molecule is CC(C)(C)OC(=O)c1ccc2nc(CN3CCC(F)(c4cccc(OCc5ccc(Cl)cc5F)n4)CC3)n(CC3CCO3)c2c1. The number of esters is 1. The van der Waals surface area contributed by atoms with Crippen LogP contribution in [-0.2, 0) is 34.8 Å². The summed E-state index contributed by atoms with van der Waals surface area (Å²) in [6.45, 7) is 8.39. The first-order chi connectivity index (χ1) is 21.5. The van der Waals surface area contributed by atoms with Crippen LogP contribution in [0, 0.1) is 5.82 Å². The summed E-state index contributed by atoms with van der Waals surface area (Å²) in [5, 5.41) is 0.305. The maximum absolute atomic E-state index is 16.3. The molecule has 8 nitrogen and oxygen atoms in total. The first kappa shape index (κ1) is 31.4. The lowest BCUT2D eigenvalue weighted by Crippen LogP contribution is -2.41. The number of carbonyl (C=O) groups excluding carboxylic acids is 1. The Morgan fingerprint density at radius 1 is 1.11 bits per heavy atom. The van der Waals surface area contributed by atoms with E-state index in [0.29, 0.717) is 48.0 Å². The number of imidazole rings is 1. The number of alkyl halides is 1. The minimum Gasteiger partial charge on any atom is -0.473 e. The maximum atomic E-state index is 16.3. The van der Waals surface area contributed by atoms with Crippen LogP contribution >= 0.6 is 11.6 Å². The fraction of sp³-hybridized carbons (Fsp3) is 0.441. The predicted octanol–water partition coefficient (Wildman–Crippen LogP) is 7.01. The lowest BCUT2D eigenvalue weighted by atomic mass is 9.89. The molecule has 2 aromatic heterocycles. The van der Waals surface area contributed by atoms with Crippen LogP contribution in [0.4, 0.5) is 8.78 Å². The molecule has 1 unspecified atom stereocenters. The van der Waals surface area contributed by atoms with Crippen molar-refractivity contribution in [2.24, 2.45) is 0 Å². The van der Waals surface area contributed by atoms with Gasteiger partial charge in [-0.25, -0.2) is 23.5 Å². The second-order valence-corrected chi connectivity index (χ2v) is 13.2. The van der Waals surface area contributed by atoms with E-state index in [2.05, 4.69) is 14.5 Å². The molecule has 2 fully saturated rings. The normalized spacial score (nSPS) is 18.5. The molecule has 0 N–H and O–H groups in total. The lowest BCUT2D eigenvalue weighted by Gasteiger charge is -2.36. The summed E-state index contributed by atoms with van der Waals surface area (Å²) in [6, 6.07) is 14.8. The van der Waals surface area contributed by atoms with Crippen molar-refractivity contribution in [2.75, 3.05) is 19.7 Å². The van der Waals surface area contributed by atoms with Crippen molar-refractivity contribution in [1.29, 1.82) is 0 Å². The summed E-state index contributed by atoms with van der Waals surface area (Å²) in [5.74, 6) is 0.231. The monoisotopic (exact) mass is 638 g/mol. The Kier molecular flexibility index (Phi) is 8.83. The van der Waals surface area contributed by atoms with Crippen molar-refractivity contribution in [3.8, 4) is 5.88 Å². The van der Waals surface area contributed by atoms with E-state index in [1.54, 1.807) is 36.4 Å². The Morgan fingerprint density at radius 2 is 1.89 bits per heavy atom. The van der Waals surface area contributed by atoms with Crippen LogP contribution in [0.15, 0.2) is 54.6 Å². The molecule has 6 rings (SSSR count). The zero-order valence-electron chi connectivity index (χ0n) is 25.7. The van der Waals surface area contributed by atoms with Crippen molar-refractivity contribution in [2.45, 2.75) is 77.1 Å². The molecule has 4 aromatic rings. The zero-order valence-corrected chi connectivity index (χ0v) is 26.4. The van der Waals surface area contributed by atoms with Gasteiger partial charge in [-0.05, 0) is 76.4 Å². The van der Waals surface area contributed by atoms with Gasteiger partial charge >= 0.3 is 5.97 Å². The molecular formula is C34H37ClF2N4O4. The number of carbonyl (C=O) groups is 1. The molecule has 1 atom stereocenters. The molecule has 0 saturated carbocycles. The number of ether oxygens (including phenoxy) is 3. The highest BCUT2D eigenvalue weighted by Gasteiger charge is 2.38. The Morgan fingerprint density at radius 3 is 2.58 bits per heavy atom. The van der Waals surface area contributed by atoms with Crippen LogP contribution in [-0.4, -0.2) is 56.8 Å². The Labute approximate surface area is 266 Å². The molecular weight excluding hydrogens is 602 g/mol. The van der Waals surface area contributed by atoms with Crippen molar-refractivity contribution in [3.05, 3.63) is 88.1 Å². The number of piperidine rings is 1. The number of aromatic nitrogens is 3. The van der Waals surface area contributed by atoms with Gasteiger partial charge < -0.3 is 18.8 Å². The van der Waals surface area contributed by atoms with Gasteiger partial charge in [0.15, 0.2) is 5.67 Å². The third-order valence-corrected chi connectivity index (χ3v) is 8.46. The summed E-state index contributed by atoms with van der Waals surface area (Å²) in [6.07, 6.45) is 1.56. The van der Waals surface area contributed by atoms with Gasteiger partial charge in [0.05, 0.1) is 41.5 Å². The van der Waals surface area contributed by atoms with Gasteiger partial charge in [0, 0.05) is 36.3 Å².